The molecule has 0 aliphatic rings. The van der Waals surface area contributed by atoms with Crippen LogP contribution in [0.5, 0.6) is 11.5 Å². The Bertz CT molecular complexity index is 954. The maximum Gasteiger partial charge on any atom is 0.239 e. The van der Waals surface area contributed by atoms with Crippen molar-refractivity contribution in [3.63, 3.8) is 0 Å². The van der Waals surface area contributed by atoms with Crippen LogP contribution >= 0.6 is 0 Å². The normalized spacial score (nSPS) is 10.8. The number of ether oxygens (including phenoxy) is 1. The maximum atomic E-state index is 12.8. The lowest BCUT2D eigenvalue weighted by Gasteiger charge is -2.23. The Hall–Kier alpha value is -3.60. The molecule has 0 radical (unpaired) electrons. The lowest BCUT2D eigenvalue weighted by molar-refractivity contribution is -0.135. The Morgan fingerprint density at radius 1 is 0.714 bits per heavy atom. The van der Waals surface area contributed by atoms with Crippen LogP contribution in [-0.2, 0) is 9.59 Å². The number of hydrogen-bond acceptors (Lipinski definition) is 3. The van der Waals surface area contributed by atoms with E-state index in [0.29, 0.717) is 22.9 Å². The monoisotopic (exact) mass is 374 g/mol. The van der Waals surface area contributed by atoms with Crippen LogP contribution in [0.15, 0.2) is 84.9 Å². The van der Waals surface area contributed by atoms with Gasteiger partial charge in [-0.05, 0) is 50.2 Å². The molecule has 0 heterocycles. The van der Waals surface area contributed by atoms with Crippen molar-refractivity contribution >= 4 is 23.2 Å². The summed E-state index contributed by atoms with van der Waals surface area (Å²) >= 11 is 0. The fourth-order valence-electron chi connectivity index (χ4n) is 2.46. The van der Waals surface area contributed by atoms with E-state index in [1.165, 1.54) is 0 Å². The van der Waals surface area contributed by atoms with Gasteiger partial charge in [0.15, 0.2) is 5.75 Å². The summed E-state index contributed by atoms with van der Waals surface area (Å²) < 4.78 is 5.86. The summed E-state index contributed by atoms with van der Waals surface area (Å²) in [6.45, 7) is 3.17. The molecule has 2 N–H and O–H groups in total. The SMILES string of the molecule is CC(C)(C(=O)Nc1ccccc1)C(=O)Nc1ccccc1Oc1ccccc1. The van der Waals surface area contributed by atoms with Gasteiger partial charge < -0.3 is 15.4 Å². The van der Waals surface area contributed by atoms with Gasteiger partial charge in [0, 0.05) is 5.69 Å². The van der Waals surface area contributed by atoms with Crippen molar-refractivity contribution in [1.29, 1.82) is 0 Å². The van der Waals surface area contributed by atoms with Crippen molar-refractivity contribution in [1.82, 2.24) is 0 Å². The van der Waals surface area contributed by atoms with Crippen molar-refractivity contribution < 1.29 is 14.3 Å². The largest absolute Gasteiger partial charge is 0.455 e. The molecular formula is C23H22N2O3. The molecule has 142 valence electrons. The molecule has 0 saturated heterocycles. The standard InChI is InChI=1S/C23H22N2O3/c1-23(2,21(26)24-17-11-5-3-6-12-17)22(27)25-19-15-9-10-16-20(19)28-18-13-7-4-8-14-18/h3-16H,1-2H3,(H,24,26)(H,25,27). The number of carbonyl (C=O) groups is 2. The summed E-state index contributed by atoms with van der Waals surface area (Å²) in [5, 5.41) is 5.59. The summed E-state index contributed by atoms with van der Waals surface area (Å²) in [6.07, 6.45) is 0. The molecule has 0 aliphatic heterocycles. The minimum atomic E-state index is -1.28. The molecule has 0 fully saturated rings. The number of carbonyl (C=O) groups excluding carboxylic acids is 2. The molecule has 0 saturated carbocycles. The van der Waals surface area contributed by atoms with Gasteiger partial charge >= 0.3 is 0 Å². The van der Waals surface area contributed by atoms with Gasteiger partial charge in [-0.1, -0.05) is 48.5 Å². The number of benzene rings is 3. The Labute approximate surface area is 164 Å². The summed E-state index contributed by atoms with van der Waals surface area (Å²) in [6, 6.07) is 25.5. The molecule has 28 heavy (non-hydrogen) atoms. The van der Waals surface area contributed by atoms with Gasteiger partial charge in [-0.15, -0.1) is 0 Å². The average molecular weight is 374 g/mol. The van der Waals surface area contributed by atoms with Crippen LogP contribution in [-0.4, -0.2) is 11.8 Å². The first kappa shape index (κ1) is 19.2. The third kappa shape index (κ3) is 4.57. The first-order valence-electron chi connectivity index (χ1n) is 8.97. The van der Waals surface area contributed by atoms with Crippen LogP contribution in [0, 0.1) is 5.41 Å². The number of hydrogen-bond donors (Lipinski definition) is 2. The van der Waals surface area contributed by atoms with Crippen LogP contribution < -0.4 is 15.4 Å². The third-order valence-corrected chi connectivity index (χ3v) is 4.27. The number of anilines is 2. The summed E-state index contributed by atoms with van der Waals surface area (Å²) in [5.74, 6) is 0.342. The Morgan fingerprint density at radius 2 is 1.25 bits per heavy atom. The van der Waals surface area contributed by atoms with E-state index in [4.69, 9.17) is 4.74 Å². The van der Waals surface area contributed by atoms with E-state index in [9.17, 15) is 9.59 Å². The number of nitrogens with one attached hydrogen (secondary N) is 2. The van der Waals surface area contributed by atoms with Gasteiger partial charge in [-0.25, -0.2) is 0 Å². The van der Waals surface area contributed by atoms with Crippen LogP contribution in [0.25, 0.3) is 0 Å². The van der Waals surface area contributed by atoms with E-state index in [-0.39, 0.29) is 0 Å². The van der Waals surface area contributed by atoms with Crippen LogP contribution in [0.2, 0.25) is 0 Å². The second-order valence-electron chi connectivity index (χ2n) is 6.81. The second kappa shape index (κ2) is 8.39. The Morgan fingerprint density at radius 3 is 1.93 bits per heavy atom. The highest BCUT2D eigenvalue weighted by atomic mass is 16.5. The van der Waals surface area contributed by atoms with Crippen LogP contribution in [0.1, 0.15) is 13.8 Å². The molecule has 2 amide bonds. The summed E-state index contributed by atoms with van der Waals surface area (Å²) in [5.41, 5.74) is -0.145. The molecule has 0 bridgehead atoms. The number of rotatable bonds is 6. The van der Waals surface area contributed by atoms with E-state index < -0.39 is 17.2 Å². The first-order chi connectivity index (χ1) is 13.5. The number of amides is 2. The number of para-hydroxylation sites is 4. The zero-order valence-corrected chi connectivity index (χ0v) is 15.8. The molecule has 0 spiro atoms. The quantitative estimate of drug-likeness (QED) is 0.591. The molecule has 0 aromatic heterocycles. The highest BCUT2D eigenvalue weighted by molar-refractivity contribution is 6.14. The van der Waals surface area contributed by atoms with Gasteiger partial charge in [-0.2, -0.15) is 0 Å². The zero-order valence-electron chi connectivity index (χ0n) is 15.8. The topological polar surface area (TPSA) is 67.4 Å². The van der Waals surface area contributed by atoms with E-state index in [2.05, 4.69) is 10.6 Å². The van der Waals surface area contributed by atoms with Crippen LogP contribution in [0.4, 0.5) is 11.4 Å². The summed E-state index contributed by atoms with van der Waals surface area (Å²) in [4.78, 5) is 25.5. The molecule has 3 rings (SSSR count). The van der Waals surface area contributed by atoms with Crippen molar-refractivity contribution in [2.75, 3.05) is 10.6 Å². The predicted octanol–water partition coefficient (Wildman–Crippen LogP) is 5.08. The van der Waals surface area contributed by atoms with Crippen molar-refractivity contribution in [3.05, 3.63) is 84.9 Å². The lowest BCUT2D eigenvalue weighted by atomic mass is 9.90. The molecule has 3 aromatic carbocycles. The molecule has 5 heteroatoms. The van der Waals surface area contributed by atoms with Crippen molar-refractivity contribution in [2.45, 2.75) is 13.8 Å². The van der Waals surface area contributed by atoms with Gasteiger partial charge in [0.1, 0.15) is 11.2 Å². The Kier molecular flexibility index (Phi) is 5.75. The fraction of sp³-hybridized carbons (Fsp3) is 0.130. The highest BCUT2D eigenvalue weighted by Crippen LogP contribution is 2.31. The predicted molar refractivity (Wildman–Crippen MR) is 110 cm³/mol. The van der Waals surface area contributed by atoms with Crippen LogP contribution in [0.3, 0.4) is 0 Å². The smallest absolute Gasteiger partial charge is 0.239 e. The van der Waals surface area contributed by atoms with E-state index in [0.717, 1.165) is 0 Å². The highest BCUT2D eigenvalue weighted by Gasteiger charge is 2.36. The van der Waals surface area contributed by atoms with Crippen molar-refractivity contribution in [2.24, 2.45) is 5.41 Å². The molecule has 0 unspecified atom stereocenters. The van der Waals surface area contributed by atoms with Gasteiger partial charge in [0.2, 0.25) is 11.8 Å². The summed E-state index contributed by atoms with van der Waals surface area (Å²) in [7, 11) is 0. The average Bonchev–Trinajstić information content (AvgIpc) is 2.71. The Balaban J connectivity index is 1.74. The van der Waals surface area contributed by atoms with E-state index in [1.54, 1.807) is 44.2 Å². The molecule has 3 aromatic rings. The fourth-order valence-corrected chi connectivity index (χ4v) is 2.46. The molecule has 0 atom stereocenters. The minimum Gasteiger partial charge on any atom is -0.455 e. The lowest BCUT2D eigenvalue weighted by Crippen LogP contribution is -2.41. The molecular weight excluding hydrogens is 352 g/mol. The van der Waals surface area contributed by atoms with Gasteiger partial charge in [-0.3, -0.25) is 9.59 Å². The zero-order chi connectivity index (χ0) is 20.0. The minimum absolute atomic E-state index is 0.391. The van der Waals surface area contributed by atoms with Gasteiger partial charge in [0.25, 0.3) is 0 Å². The molecule has 0 aliphatic carbocycles. The van der Waals surface area contributed by atoms with Gasteiger partial charge in [0.05, 0.1) is 5.69 Å². The maximum absolute atomic E-state index is 12.8. The van der Waals surface area contributed by atoms with E-state index in [1.807, 2.05) is 54.6 Å². The van der Waals surface area contributed by atoms with E-state index >= 15 is 0 Å². The third-order valence-electron chi connectivity index (χ3n) is 4.27. The second-order valence-corrected chi connectivity index (χ2v) is 6.81. The first-order valence-corrected chi connectivity index (χ1v) is 8.97. The van der Waals surface area contributed by atoms with Crippen molar-refractivity contribution in [3.8, 4) is 11.5 Å². The molecule has 5 nitrogen and oxygen atoms in total.